The molecule has 0 radical (unpaired) electrons. The second kappa shape index (κ2) is 7.14. The second-order valence-electron chi connectivity index (χ2n) is 7.95. The number of fused-ring (bicyclic) bond motifs is 1. The first-order valence-corrected chi connectivity index (χ1v) is 9.16. The number of nitrogens with one attached hydrogen (secondary N) is 1. The zero-order valence-corrected chi connectivity index (χ0v) is 16.5. The van der Waals surface area contributed by atoms with Crippen molar-refractivity contribution < 1.29 is 9.18 Å². The highest BCUT2D eigenvalue weighted by Crippen LogP contribution is 2.43. The Morgan fingerprint density at radius 3 is 2.78 bits per heavy atom. The Morgan fingerprint density at radius 1 is 1.33 bits per heavy atom. The molecule has 1 unspecified atom stereocenters. The van der Waals surface area contributed by atoms with Crippen molar-refractivity contribution in [2.24, 2.45) is 5.10 Å². The van der Waals surface area contributed by atoms with E-state index in [4.69, 9.17) is 0 Å². The number of hydrazone groups is 1. The number of hydrogen-bond acceptors (Lipinski definition) is 3. The molecule has 27 heavy (non-hydrogen) atoms. The molecule has 2 aromatic carbocycles. The van der Waals surface area contributed by atoms with Gasteiger partial charge >= 0.3 is 0 Å². The van der Waals surface area contributed by atoms with E-state index >= 15 is 0 Å². The van der Waals surface area contributed by atoms with Crippen LogP contribution in [-0.4, -0.2) is 24.7 Å². The number of carbonyl (C=O) groups excluding carboxylic acids is 1. The molecule has 1 aliphatic heterocycles. The van der Waals surface area contributed by atoms with E-state index in [1.807, 2.05) is 6.92 Å². The van der Waals surface area contributed by atoms with Crippen LogP contribution in [0.4, 0.5) is 10.1 Å². The van der Waals surface area contributed by atoms with Crippen LogP contribution in [-0.2, 0) is 0 Å². The number of amides is 1. The number of anilines is 1. The Morgan fingerprint density at radius 2 is 2.07 bits per heavy atom. The van der Waals surface area contributed by atoms with Crippen LogP contribution < -0.4 is 10.3 Å². The lowest BCUT2D eigenvalue weighted by Crippen LogP contribution is -2.45. The Hall–Kier alpha value is -2.69. The molecule has 5 heteroatoms. The number of benzene rings is 2. The van der Waals surface area contributed by atoms with E-state index in [-0.39, 0.29) is 11.1 Å². The van der Waals surface area contributed by atoms with Crippen LogP contribution in [0.5, 0.6) is 0 Å². The highest BCUT2D eigenvalue weighted by Gasteiger charge is 2.34. The SMILES string of the molecule is Cc1cc2c(cc1/C=N\NC(=O)c1cccc(F)c1)C(C)CC(C)(C)N2C. The van der Waals surface area contributed by atoms with Crippen molar-refractivity contribution >= 4 is 17.8 Å². The van der Waals surface area contributed by atoms with Crippen molar-refractivity contribution in [3.63, 3.8) is 0 Å². The molecule has 1 N–H and O–H groups in total. The molecule has 0 aromatic heterocycles. The van der Waals surface area contributed by atoms with Gasteiger partial charge in [0.15, 0.2) is 0 Å². The van der Waals surface area contributed by atoms with Gasteiger partial charge < -0.3 is 4.90 Å². The van der Waals surface area contributed by atoms with Gasteiger partial charge in [-0.25, -0.2) is 9.82 Å². The summed E-state index contributed by atoms with van der Waals surface area (Å²) in [6.45, 7) is 8.81. The summed E-state index contributed by atoms with van der Waals surface area (Å²) >= 11 is 0. The number of halogens is 1. The van der Waals surface area contributed by atoms with Gasteiger partial charge in [-0.15, -0.1) is 0 Å². The van der Waals surface area contributed by atoms with E-state index in [0.717, 1.165) is 17.5 Å². The van der Waals surface area contributed by atoms with Gasteiger partial charge in [-0.1, -0.05) is 13.0 Å². The molecule has 1 atom stereocenters. The molecule has 0 spiro atoms. The van der Waals surface area contributed by atoms with Gasteiger partial charge in [0.2, 0.25) is 0 Å². The van der Waals surface area contributed by atoms with Crippen molar-refractivity contribution in [3.8, 4) is 0 Å². The summed E-state index contributed by atoms with van der Waals surface area (Å²) in [5.74, 6) is -0.435. The summed E-state index contributed by atoms with van der Waals surface area (Å²) in [5, 5.41) is 4.07. The van der Waals surface area contributed by atoms with Gasteiger partial charge in [-0.2, -0.15) is 5.10 Å². The van der Waals surface area contributed by atoms with E-state index in [9.17, 15) is 9.18 Å². The third kappa shape index (κ3) is 3.87. The van der Waals surface area contributed by atoms with Crippen LogP contribution in [0.15, 0.2) is 41.5 Å². The molecule has 1 aliphatic rings. The zero-order valence-electron chi connectivity index (χ0n) is 16.5. The molecule has 4 nitrogen and oxygen atoms in total. The standard InChI is InChI=1S/C22H26FN3O/c1-14-9-20-19(15(2)12-22(3,4)26(20)5)11-17(14)13-24-25-21(27)16-7-6-8-18(23)10-16/h6-11,13,15H,12H2,1-5H3,(H,25,27)/b24-13-. The Kier molecular flexibility index (Phi) is 5.05. The summed E-state index contributed by atoms with van der Waals surface area (Å²) < 4.78 is 13.2. The normalized spacial score (nSPS) is 18.4. The minimum atomic E-state index is -0.446. The average Bonchev–Trinajstić information content (AvgIpc) is 2.60. The van der Waals surface area contributed by atoms with Gasteiger partial charge in [-0.3, -0.25) is 4.79 Å². The van der Waals surface area contributed by atoms with Gasteiger partial charge in [0.05, 0.1) is 6.21 Å². The van der Waals surface area contributed by atoms with Crippen LogP contribution in [0.1, 0.15) is 60.2 Å². The van der Waals surface area contributed by atoms with Crippen molar-refractivity contribution in [3.05, 3.63) is 64.5 Å². The smallest absolute Gasteiger partial charge is 0.271 e. The van der Waals surface area contributed by atoms with Crippen molar-refractivity contribution in [1.29, 1.82) is 0 Å². The number of hydrogen-bond donors (Lipinski definition) is 1. The summed E-state index contributed by atoms with van der Waals surface area (Å²) in [6, 6.07) is 9.88. The van der Waals surface area contributed by atoms with Crippen LogP contribution in [0.25, 0.3) is 0 Å². The van der Waals surface area contributed by atoms with Crippen molar-refractivity contribution in [2.75, 3.05) is 11.9 Å². The maximum absolute atomic E-state index is 13.2. The Balaban J connectivity index is 1.81. The summed E-state index contributed by atoms with van der Waals surface area (Å²) in [5.41, 5.74) is 7.43. The fraction of sp³-hybridized carbons (Fsp3) is 0.364. The lowest BCUT2D eigenvalue weighted by molar-refractivity contribution is 0.0954. The van der Waals surface area contributed by atoms with Gasteiger partial charge in [-0.05, 0) is 80.1 Å². The third-order valence-corrected chi connectivity index (χ3v) is 5.48. The molecule has 0 bridgehead atoms. The average molecular weight is 367 g/mol. The van der Waals surface area contributed by atoms with Crippen molar-refractivity contribution in [1.82, 2.24) is 5.43 Å². The van der Waals surface area contributed by atoms with E-state index in [1.54, 1.807) is 12.3 Å². The van der Waals surface area contributed by atoms with E-state index in [2.05, 4.69) is 55.4 Å². The highest BCUT2D eigenvalue weighted by atomic mass is 19.1. The molecule has 0 aliphatic carbocycles. The van der Waals surface area contributed by atoms with Gasteiger partial charge in [0, 0.05) is 23.8 Å². The second-order valence-corrected chi connectivity index (χ2v) is 7.95. The van der Waals surface area contributed by atoms with Crippen LogP contribution in [0.2, 0.25) is 0 Å². The van der Waals surface area contributed by atoms with Crippen LogP contribution in [0.3, 0.4) is 0 Å². The maximum Gasteiger partial charge on any atom is 0.271 e. The predicted molar refractivity (Wildman–Crippen MR) is 108 cm³/mol. The predicted octanol–water partition coefficient (Wildman–Crippen LogP) is 4.62. The Labute approximate surface area is 160 Å². The minimum Gasteiger partial charge on any atom is -0.369 e. The first-order valence-electron chi connectivity index (χ1n) is 9.16. The quantitative estimate of drug-likeness (QED) is 0.635. The van der Waals surface area contributed by atoms with Gasteiger partial charge in [0.1, 0.15) is 5.82 Å². The van der Waals surface area contributed by atoms with Crippen LogP contribution in [0, 0.1) is 12.7 Å². The molecular weight excluding hydrogens is 341 g/mol. The fourth-order valence-corrected chi connectivity index (χ4v) is 3.73. The topological polar surface area (TPSA) is 44.7 Å². The first-order chi connectivity index (χ1) is 12.7. The summed E-state index contributed by atoms with van der Waals surface area (Å²) in [6.07, 6.45) is 2.73. The number of rotatable bonds is 3. The molecule has 0 fully saturated rings. The number of carbonyl (C=O) groups is 1. The molecule has 2 aromatic rings. The third-order valence-electron chi connectivity index (χ3n) is 5.48. The lowest BCUT2D eigenvalue weighted by Gasteiger charge is -2.45. The molecule has 0 saturated heterocycles. The number of nitrogens with zero attached hydrogens (tertiary/aromatic N) is 2. The van der Waals surface area contributed by atoms with E-state index in [0.29, 0.717) is 5.92 Å². The molecule has 0 saturated carbocycles. The first kappa shape index (κ1) is 19.1. The molecule has 1 heterocycles. The van der Waals surface area contributed by atoms with E-state index < -0.39 is 11.7 Å². The van der Waals surface area contributed by atoms with E-state index in [1.165, 1.54) is 29.4 Å². The van der Waals surface area contributed by atoms with Crippen molar-refractivity contribution in [2.45, 2.75) is 45.6 Å². The number of aryl methyl sites for hydroxylation is 1. The highest BCUT2D eigenvalue weighted by molar-refractivity contribution is 5.95. The molecule has 3 rings (SSSR count). The monoisotopic (exact) mass is 367 g/mol. The fourth-order valence-electron chi connectivity index (χ4n) is 3.73. The molecule has 1 amide bonds. The van der Waals surface area contributed by atoms with Crippen LogP contribution >= 0.6 is 0 Å². The largest absolute Gasteiger partial charge is 0.369 e. The summed E-state index contributed by atoms with van der Waals surface area (Å²) in [4.78, 5) is 14.4. The lowest BCUT2D eigenvalue weighted by atomic mass is 9.79. The minimum absolute atomic E-state index is 0.118. The molecule has 142 valence electrons. The van der Waals surface area contributed by atoms with Gasteiger partial charge in [0.25, 0.3) is 5.91 Å². The molecular formula is C22H26FN3O. The maximum atomic E-state index is 13.2. The Bertz CT molecular complexity index is 904. The summed E-state index contributed by atoms with van der Waals surface area (Å²) in [7, 11) is 2.14. The zero-order chi connectivity index (χ0) is 19.8.